The van der Waals surface area contributed by atoms with Gasteiger partial charge in [-0.15, -0.1) is 0 Å². The minimum atomic E-state index is -0.0616. The molecule has 2 aliphatic rings. The summed E-state index contributed by atoms with van der Waals surface area (Å²) in [7, 11) is 5.46. The number of para-hydroxylation sites is 1. The number of likely N-dealkylation sites (N-methyl/N-ethyl adjacent to an activating group) is 1. The average Bonchev–Trinajstić information content (AvgIpc) is 3.12. The molecule has 1 atom stereocenters. The van der Waals surface area contributed by atoms with E-state index in [2.05, 4.69) is 28.2 Å². The highest BCUT2D eigenvalue weighted by Gasteiger charge is 2.46. The van der Waals surface area contributed by atoms with Crippen molar-refractivity contribution in [1.82, 2.24) is 9.80 Å². The summed E-state index contributed by atoms with van der Waals surface area (Å²) in [5.74, 6) is 1.79. The Kier molecular flexibility index (Phi) is 6.49. The van der Waals surface area contributed by atoms with E-state index in [9.17, 15) is 4.79 Å². The van der Waals surface area contributed by atoms with Crippen LogP contribution in [-0.4, -0.2) is 62.7 Å². The van der Waals surface area contributed by atoms with Crippen molar-refractivity contribution in [3.8, 4) is 11.5 Å². The fourth-order valence-corrected chi connectivity index (χ4v) is 5.08. The SMILES string of the molecule is COc1ccc(CN2CCC3(CC2)CC(C(=O)Nc2ccccc2)N(C)C3)c(OC)c1. The van der Waals surface area contributed by atoms with Gasteiger partial charge in [0.25, 0.3) is 0 Å². The largest absolute Gasteiger partial charge is 0.497 e. The smallest absolute Gasteiger partial charge is 0.241 e. The van der Waals surface area contributed by atoms with Crippen LogP contribution < -0.4 is 14.8 Å². The number of carbonyl (C=O) groups excluding carboxylic acids is 1. The molecule has 6 nitrogen and oxygen atoms in total. The second kappa shape index (κ2) is 9.28. The van der Waals surface area contributed by atoms with Crippen molar-refractivity contribution >= 4 is 11.6 Å². The van der Waals surface area contributed by atoms with E-state index < -0.39 is 0 Å². The van der Waals surface area contributed by atoms with E-state index in [4.69, 9.17) is 9.47 Å². The number of piperidine rings is 1. The Morgan fingerprint density at radius 2 is 1.84 bits per heavy atom. The minimum Gasteiger partial charge on any atom is -0.497 e. The van der Waals surface area contributed by atoms with Crippen LogP contribution in [0.15, 0.2) is 48.5 Å². The molecular weight excluding hydrogens is 390 g/mol. The van der Waals surface area contributed by atoms with Gasteiger partial charge in [0, 0.05) is 30.4 Å². The topological polar surface area (TPSA) is 54.0 Å². The lowest BCUT2D eigenvalue weighted by Gasteiger charge is -2.39. The van der Waals surface area contributed by atoms with Crippen LogP contribution in [0.3, 0.4) is 0 Å². The number of amides is 1. The second-order valence-electron chi connectivity index (χ2n) is 8.94. The van der Waals surface area contributed by atoms with E-state index in [0.717, 1.165) is 62.6 Å². The van der Waals surface area contributed by atoms with Crippen molar-refractivity contribution < 1.29 is 14.3 Å². The molecule has 1 N–H and O–H groups in total. The Hall–Kier alpha value is -2.57. The number of benzene rings is 2. The molecule has 2 saturated heterocycles. The second-order valence-corrected chi connectivity index (χ2v) is 8.94. The molecule has 166 valence electrons. The van der Waals surface area contributed by atoms with Crippen molar-refractivity contribution in [3.05, 3.63) is 54.1 Å². The maximum Gasteiger partial charge on any atom is 0.241 e. The zero-order valence-electron chi connectivity index (χ0n) is 18.8. The summed E-state index contributed by atoms with van der Waals surface area (Å²) >= 11 is 0. The molecule has 0 radical (unpaired) electrons. The highest BCUT2D eigenvalue weighted by molar-refractivity contribution is 5.95. The van der Waals surface area contributed by atoms with Gasteiger partial charge in [0.05, 0.1) is 20.3 Å². The number of carbonyl (C=O) groups is 1. The van der Waals surface area contributed by atoms with Gasteiger partial charge in [0.2, 0.25) is 5.91 Å². The lowest BCUT2D eigenvalue weighted by atomic mass is 9.76. The summed E-state index contributed by atoms with van der Waals surface area (Å²) in [4.78, 5) is 17.6. The molecule has 6 heteroatoms. The fraction of sp³-hybridized carbons (Fsp3) is 0.480. The van der Waals surface area contributed by atoms with Gasteiger partial charge in [-0.05, 0) is 63.0 Å². The third-order valence-electron chi connectivity index (χ3n) is 6.89. The molecule has 31 heavy (non-hydrogen) atoms. The number of rotatable bonds is 6. The van der Waals surface area contributed by atoms with Crippen molar-refractivity contribution in [2.24, 2.45) is 5.41 Å². The fourth-order valence-electron chi connectivity index (χ4n) is 5.08. The maximum absolute atomic E-state index is 12.9. The third kappa shape index (κ3) is 4.86. The number of nitrogens with zero attached hydrogens (tertiary/aromatic N) is 2. The Bertz CT molecular complexity index is 894. The normalized spacial score (nSPS) is 21.2. The first kappa shape index (κ1) is 21.7. The summed E-state index contributed by atoms with van der Waals surface area (Å²) in [5, 5.41) is 3.08. The molecule has 0 bridgehead atoms. The van der Waals surface area contributed by atoms with Crippen LogP contribution >= 0.6 is 0 Å². The first-order valence-corrected chi connectivity index (χ1v) is 11.0. The number of methoxy groups -OCH3 is 2. The summed E-state index contributed by atoms with van der Waals surface area (Å²) in [6.07, 6.45) is 3.16. The highest BCUT2D eigenvalue weighted by atomic mass is 16.5. The number of hydrogen-bond acceptors (Lipinski definition) is 5. The van der Waals surface area contributed by atoms with Gasteiger partial charge in [0.15, 0.2) is 0 Å². The summed E-state index contributed by atoms with van der Waals surface area (Å²) in [5.41, 5.74) is 2.28. The molecular formula is C25H33N3O3. The Balaban J connectivity index is 1.34. The molecule has 1 unspecified atom stereocenters. The van der Waals surface area contributed by atoms with Crippen LogP contribution in [0.1, 0.15) is 24.8 Å². The number of anilines is 1. The lowest BCUT2D eigenvalue weighted by Crippen LogP contribution is -2.40. The van der Waals surface area contributed by atoms with Gasteiger partial charge in [0.1, 0.15) is 11.5 Å². The van der Waals surface area contributed by atoms with Gasteiger partial charge in [-0.25, -0.2) is 0 Å². The van der Waals surface area contributed by atoms with Crippen molar-refractivity contribution in [2.75, 3.05) is 46.2 Å². The Morgan fingerprint density at radius 3 is 2.52 bits per heavy atom. The molecule has 4 rings (SSSR count). The third-order valence-corrected chi connectivity index (χ3v) is 6.89. The Labute approximate surface area is 185 Å². The monoisotopic (exact) mass is 423 g/mol. The summed E-state index contributed by atoms with van der Waals surface area (Å²) in [6.45, 7) is 3.93. The standard InChI is InChI=1S/C25H33N3O3/c1-27-18-25(16-22(27)24(29)26-20-7-5-4-6-8-20)11-13-28(14-12-25)17-19-9-10-21(30-2)15-23(19)31-3/h4-10,15,22H,11-14,16-18H2,1-3H3,(H,26,29). The lowest BCUT2D eigenvalue weighted by molar-refractivity contribution is -0.120. The number of hydrogen-bond donors (Lipinski definition) is 1. The minimum absolute atomic E-state index is 0.0616. The number of nitrogens with one attached hydrogen (secondary N) is 1. The van der Waals surface area contributed by atoms with Crippen LogP contribution in [-0.2, 0) is 11.3 Å². The van der Waals surface area contributed by atoms with E-state index in [1.807, 2.05) is 42.5 Å². The van der Waals surface area contributed by atoms with E-state index in [-0.39, 0.29) is 17.4 Å². The summed E-state index contributed by atoms with van der Waals surface area (Å²) < 4.78 is 10.9. The van der Waals surface area contributed by atoms with Crippen LogP contribution in [0.25, 0.3) is 0 Å². The predicted octanol–water partition coefficient (Wildman–Crippen LogP) is 3.63. The molecule has 2 aliphatic heterocycles. The molecule has 2 aromatic rings. The van der Waals surface area contributed by atoms with E-state index in [1.165, 1.54) is 5.56 Å². The molecule has 1 amide bonds. The van der Waals surface area contributed by atoms with E-state index in [0.29, 0.717) is 0 Å². The molecule has 2 fully saturated rings. The molecule has 0 aliphatic carbocycles. The van der Waals surface area contributed by atoms with Gasteiger partial charge >= 0.3 is 0 Å². The predicted molar refractivity (Wildman–Crippen MR) is 123 cm³/mol. The van der Waals surface area contributed by atoms with E-state index in [1.54, 1.807) is 14.2 Å². The quantitative estimate of drug-likeness (QED) is 0.769. The van der Waals surface area contributed by atoms with Gasteiger partial charge in [-0.3, -0.25) is 14.6 Å². The molecule has 2 aromatic carbocycles. The van der Waals surface area contributed by atoms with Gasteiger partial charge < -0.3 is 14.8 Å². The highest BCUT2D eigenvalue weighted by Crippen LogP contribution is 2.43. The van der Waals surface area contributed by atoms with Crippen molar-refractivity contribution in [2.45, 2.75) is 31.8 Å². The van der Waals surface area contributed by atoms with Gasteiger partial charge in [-0.1, -0.05) is 24.3 Å². The average molecular weight is 424 g/mol. The first-order chi connectivity index (χ1) is 15.0. The Morgan fingerprint density at radius 1 is 1.10 bits per heavy atom. The molecule has 2 heterocycles. The van der Waals surface area contributed by atoms with Gasteiger partial charge in [-0.2, -0.15) is 0 Å². The zero-order valence-corrected chi connectivity index (χ0v) is 18.8. The maximum atomic E-state index is 12.9. The van der Waals surface area contributed by atoms with Crippen molar-refractivity contribution in [3.63, 3.8) is 0 Å². The van der Waals surface area contributed by atoms with Crippen LogP contribution in [0.5, 0.6) is 11.5 Å². The van der Waals surface area contributed by atoms with Crippen LogP contribution in [0.2, 0.25) is 0 Å². The number of likely N-dealkylation sites (tertiary alicyclic amines) is 2. The van der Waals surface area contributed by atoms with Crippen LogP contribution in [0.4, 0.5) is 5.69 Å². The first-order valence-electron chi connectivity index (χ1n) is 11.0. The molecule has 1 spiro atoms. The zero-order chi connectivity index (χ0) is 21.8. The molecule has 0 aromatic heterocycles. The van der Waals surface area contributed by atoms with E-state index >= 15 is 0 Å². The van der Waals surface area contributed by atoms with Crippen LogP contribution in [0, 0.1) is 5.41 Å². The molecule has 0 saturated carbocycles. The van der Waals surface area contributed by atoms with Crippen molar-refractivity contribution in [1.29, 1.82) is 0 Å². The summed E-state index contributed by atoms with van der Waals surface area (Å²) in [6, 6.07) is 15.7. The number of ether oxygens (including phenoxy) is 2.